The smallest absolute Gasteiger partial charge is 0.161 e. The molecule has 2 aromatic carbocycles. The van der Waals surface area contributed by atoms with Gasteiger partial charge < -0.3 is 24.8 Å². The summed E-state index contributed by atoms with van der Waals surface area (Å²) in [6.45, 7) is 0. The Kier molecular flexibility index (Phi) is 1.69. The molecule has 3 rings (SSSR count). The third-order valence-electron chi connectivity index (χ3n) is 2.66. The number of furan rings is 1. The van der Waals surface area contributed by atoms with E-state index in [1.54, 1.807) is 0 Å². The topological polar surface area (TPSA) is 94.1 Å². The Bertz CT molecular complexity index is 679. The minimum absolute atomic E-state index is 0.271. The average molecular weight is 232 g/mol. The predicted octanol–water partition coefficient (Wildman–Crippen LogP) is 2.41. The zero-order valence-electron chi connectivity index (χ0n) is 8.51. The van der Waals surface area contributed by atoms with Gasteiger partial charge in [-0.3, -0.25) is 0 Å². The lowest BCUT2D eigenvalue weighted by atomic mass is 10.1. The van der Waals surface area contributed by atoms with Gasteiger partial charge in [0.2, 0.25) is 0 Å². The van der Waals surface area contributed by atoms with Gasteiger partial charge in [-0.25, -0.2) is 0 Å². The Morgan fingerprint density at radius 3 is 1.35 bits per heavy atom. The van der Waals surface area contributed by atoms with Crippen LogP contribution in [0.5, 0.6) is 23.0 Å². The highest BCUT2D eigenvalue weighted by Crippen LogP contribution is 2.39. The molecule has 0 bridgehead atoms. The number of rotatable bonds is 0. The molecule has 86 valence electrons. The summed E-state index contributed by atoms with van der Waals surface area (Å²) in [5, 5.41) is 38.6. The second kappa shape index (κ2) is 2.98. The molecule has 0 amide bonds. The van der Waals surface area contributed by atoms with Gasteiger partial charge in [-0.15, -0.1) is 0 Å². The predicted molar refractivity (Wildman–Crippen MR) is 60.4 cm³/mol. The molecule has 0 radical (unpaired) electrons. The normalized spacial score (nSPS) is 11.3. The quantitative estimate of drug-likeness (QED) is 0.446. The van der Waals surface area contributed by atoms with Crippen molar-refractivity contribution in [2.24, 2.45) is 0 Å². The monoisotopic (exact) mass is 232 g/mol. The van der Waals surface area contributed by atoms with E-state index < -0.39 is 0 Å². The molecule has 0 saturated heterocycles. The van der Waals surface area contributed by atoms with Crippen LogP contribution in [0.1, 0.15) is 0 Å². The largest absolute Gasteiger partial charge is 0.504 e. The Labute approximate surface area is 94.8 Å². The second-order valence-corrected chi connectivity index (χ2v) is 3.78. The van der Waals surface area contributed by atoms with E-state index in [1.807, 2.05) is 0 Å². The van der Waals surface area contributed by atoms with Crippen molar-refractivity contribution in [1.29, 1.82) is 0 Å². The number of hydrogen-bond acceptors (Lipinski definition) is 5. The molecular weight excluding hydrogens is 224 g/mol. The van der Waals surface area contributed by atoms with Crippen LogP contribution < -0.4 is 0 Å². The van der Waals surface area contributed by atoms with Crippen LogP contribution in [0.3, 0.4) is 0 Å². The molecule has 17 heavy (non-hydrogen) atoms. The Hall–Kier alpha value is -2.56. The summed E-state index contributed by atoms with van der Waals surface area (Å²) in [4.78, 5) is 0. The third-order valence-corrected chi connectivity index (χ3v) is 2.66. The molecule has 1 aromatic heterocycles. The third kappa shape index (κ3) is 1.25. The molecule has 0 spiro atoms. The maximum absolute atomic E-state index is 9.42. The van der Waals surface area contributed by atoms with Crippen LogP contribution >= 0.6 is 0 Å². The van der Waals surface area contributed by atoms with Crippen molar-refractivity contribution in [3.8, 4) is 23.0 Å². The molecule has 0 saturated carbocycles. The van der Waals surface area contributed by atoms with E-state index in [1.165, 1.54) is 24.3 Å². The van der Waals surface area contributed by atoms with Gasteiger partial charge in [0.25, 0.3) is 0 Å². The van der Waals surface area contributed by atoms with Crippen LogP contribution in [0.15, 0.2) is 28.7 Å². The first-order valence-electron chi connectivity index (χ1n) is 4.86. The van der Waals surface area contributed by atoms with Crippen molar-refractivity contribution in [3.05, 3.63) is 24.3 Å². The Balaban J connectivity index is 2.51. The first-order chi connectivity index (χ1) is 8.06. The average Bonchev–Trinajstić information content (AvgIpc) is 2.58. The van der Waals surface area contributed by atoms with E-state index >= 15 is 0 Å². The summed E-state index contributed by atoms with van der Waals surface area (Å²) in [6, 6.07) is 5.23. The molecule has 3 aromatic rings. The van der Waals surface area contributed by atoms with Gasteiger partial charge in [0.05, 0.1) is 0 Å². The summed E-state index contributed by atoms with van der Waals surface area (Å²) in [5.74, 6) is -1.12. The lowest BCUT2D eigenvalue weighted by Gasteiger charge is -1.97. The van der Waals surface area contributed by atoms with Crippen LogP contribution in [-0.2, 0) is 0 Å². The minimum Gasteiger partial charge on any atom is -0.504 e. The molecule has 0 fully saturated rings. The molecule has 0 aliphatic carbocycles. The van der Waals surface area contributed by atoms with Crippen LogP contribution in [-0.4, -0.2) is 20.4 Å². The van der Waals surface area contributed by atoms with E-state index in [0.717, 1.165) is 0 Å². The zero-order valence-corrected chi connectivity index (χ0v) is 8.51. The SMILES string of the molecule is Oc1cc2oc3cc(O)c(O)cc3c2cc1O. The van der Waals surface area contributed by atoms with Crippen molar-refractivity contribution >= 4 is 21.9 Å². The van der Waals surface area contributed by atoms with Gasteiger partial charge in [0.15, 0.2) is 23.0 Å². The maximum Gasteiger partial charge on any atom is 0.161 e. The molecule has 0 aliphatic rings. The molecule has 0 aliphatic heterocycles. The van der Waals surface area contributed by atoms with Crippen LogP contribution in [0.4, 0.5) is 0 Å². The van der Waals surface area contributed by atoms with Gasteiger partial charge in [0, 0.05) is 22.9 Å². The highest BCUT2D eigenvalue weighted by atomic mass is 16.3. The summed E-state index contributed by atoms with van der Waals surface area (Å²) in [6.07, 6.45) is 0. The van der Waals surface area contributed by atoms with Crippen molar-refractivity contribution in [2.45, 2.75) is 0 Å². The molecule has 5 nitrogen and oxygen atoms in total. The lowest BCUT2D eigenvalue weighted by molar-refractivity contribution is 0.403. The summed E-state index contributed by atoms with van der Waals surface area (Å²) >= 11 is 0. The molecule has 0 unspecified atom stereocenters. The van der Waals surface area contributed by atoms with Crippen LogP contribution in [0.25, 0.3) is 21.9 Å². The highest BCUT2D eigenvalue weighted by Gasteiger charge is 2.13. The molecular formula is C12H8O5. The van der Waals surface area contributed by atoms with Gasteiger partial charge >= 0.3 is 0 Å². The van der Waals surface area contributed by atoms with Crippen LogP contribution in [0.2, 0.25) is 0 Å². The minimum atomic E-state index is -0.287. The maximum atomic E-state index is 9.42. The van der Waals surface area contributed by atoms with Crippen molar-refractivity contribution in [2.75, 3.05) is 0 Å². The Morgan fingerprint density at radius 1 is 0.588 bits per heavy atom. The van der Waals surface area contributed by atoms with Crippen molar-refractivity contribution in [3.63, 3.8) is 0 Å². The first kappa shape index (κ1) is 9.65. The molecule has 4 N–H and O–H groups in total. The number of phenols is 4. The summed E-state index contributed by atoms with van der Waals surface area (Å²) in [7, 11) is 0. The fourth-order valence-electron chi connectivity index (χ4n) is 1.82. The van der Waals surface area contributed by atoms with Gasteiger partial charge in [-0.1, -0.05) is 0 Å². The van der Waals surface area contributed by atoms with Gasteiger partial charge in [-0.2, -0.15) is 0 Å². The molecule has 5 heteroatoms. The van der Waals surface area contributed by atoms with Crippen LogP contribution in [0, 0.1) is 0 Å². The Morgan fingerprint density at radius 2 is 0.941 bits per heavy atom. The second-order valence-electron chi connectivity index (χ2n) is 3.78. The lowest BCUT2D eigenvalue weighted by Crippen LogP contribution is -1.71. The number of hydrogen-bond donors (Lipinski definition) is 4. The van der Waals surface area contributed by atoms with E-state index in [9.17, 15) is 20.4 Å². The van der Waals surface area contributed by atoms with Crippen molar-refractivity contribution < 1.29 is 24.8 Å². The summed E-state index contributed by atoms with van der Waals surface area (Å²) < 4.78 is 5.38. The molecule has 0 atom stereocenters. The summed E-state index contributed by atoms with van der Waals surface area (Å²) in [5.41, 5.74) is 0.723. The standard InChI is InChI=1S/C12H8O5/c13-7-1-5-6-2-8(14)10(16)4-12(6)17-11(5)3-9(7)15/h1-4,13-16H. The van der Waals surface area contributed by atoms with Crippen molar-refractivity contribution in [1.82, 2.24) is 0 Å². The number of aromatic hydroxyl groups is 4. The first-order valence-corrected chi connectivity index (χ1v) is 4.86. The molecule has 1 heterocycles. The van der Waals surface area contributed by atoms with E-state index in [-0.39, 0.29) is 23.0 Å². The number of fused-ring (bicyclic) bond motifs is 3. The number of benzene rings is 2. The van der Waals surface area contributed by atoms with Gasteiger partial charge in [-0.05, 0) is 12.1 Å². The number of phenolic OH excluding ortho intramolecular Hbond substituents is 4. The fourth-order valence-corrected chi connectivity index (χ4v) is 1.82. The fraction of sp³-hybridized carbons (Fsp3) is 0. The zero-order chi connectivity index (χ0) is 12.2. The highest BCUT2D eigenvalue weighted by molar-refractivity contribution is 6.06. The van der Waals surface area contributed by atoms with E-state index in [2.05, 4.69) is 0 Å². The van der Waals surface area contributed by atoms with E-state index in [4.69, 9.17) is 4.42 Å². The van der Waals surface area contributed by atoms with E-state index in [0.29, 0.717) is 21.9 Å². The van der Waals surface area contributed by atoms with Gasteiger partial charge in [0.1, 0.15) is 11.2 Å².